The van der Waals surface area contributed by atoms with Crippen LogP contribution in [0.3, 0.4) is 0 Å². The molecule has 2 aliphatic heterocycles. The maximum absolute atomic E-state index is 13.3. The van der Waals surface area contributed by atoms with Gasteiger partial charge in [0.15, 0.2) is 0 Å². The van der Waals surface area contributed by atoms with E-state index < -0.39 is 0 Å². The van der Waals surface area contributed by atoms with Crippen molar-refractivity contribution >= 4 is 23.2 Å². The van der Waals surface area contributed by atoms with Crippen molar-refractivity contribution in [2.24, 2.45) is 0 Å². The summed E-state index contributed by atoms with van der Waals surface area (Å²) in [5, 5.41) is 2.08. The van der Waals surface area contributed by atoms with Crippen LogP contribution in [-0.4, -0.2) is 60.6 Å². The number of amides is 2. The average Bonchev–Trinajstić information content (AvgIpc) is 3.44. The van der Waals surface area contributed by atoms with Crippen LogP contribution in [0.4, 0.5) is 0 Å². The third-order valence-electron chi connectivity index (χ3n) is 6.06. The number of fused-ring (bicyclic) bond motifs is 1. The van der Waals surface area contributed by atoms with Crippen molar-refractivity contribution in [3.63, 3.8) is 0 Å². The topological polar surface area (TPSA) is 59.1 Å². The van der Waals surface area contributed by atoms with Crippen LogP contribution in [0, 0.1) is 6.92 Å². The molecule has 3 heterocycles. The molecular formula is C24H30N2O4S. The molecule has 2 unspecified atom stereocenters. The highest BCUT2D eigenvalue weighted by atomic mass is 32.1. The molecule has 1 aromatic heterocycles. The van der Waals surface area contributed by atoms with Gasteiger partial charge < -0.3 is 19.3 Å². The number of ether oxygens (including phenoxy) is 2. The van der Waals surface area contributed by atoms with E-state index in [1.54, 1.807) is 16.2 Å². The van der Waals surface area contributed by atoms with E-state index in [0.717, 1.165) is 37.2 Å². The van der Waals surface area contributed by atoms with Crippen molar-refractivity contribution in [2.45, 2.75) is 45.3 Å². The third kappa shape index (κ3) is 5.28. The van der Waals surface area contributed by atoms with Gasteiger partial charge in [0.05, 0.1) is 18.7 Å². The minimum atomic E-state index is -0.152. The second-order valence-corrected chi connectivity index (χ2v) is 9.31. The van der Waals surface area contributed by atoms with Crippen LogP contribution < -0.4 is 4.74 Å². The van der Waals surface area contributed by atoms with E-state index in [0.29, 0.717) is 19.7 Å². The van der Waals surface area contributed by atoms with E-state index in [2.05, 4.69) is 11.4 Å². The van der Waals surface area contributed by atoms with Gasteiger partial charge in [0.1, 0.15) is 12.4 Å². The predicted octanol–water partition coefficient (Wildman–Crippen LogP) is 3.59. The molecule has 4 rings (SSSR count). The number of carbonyl (C=O) groups excluding carboxylic acids is 2. The molecule has 0 saturated carbocycles. The van der Waals surface area contributed by atoms with Crippen LogP contribution in [0.15, 0.2) is 35.7 Å². The zero-order valence-electron chi connectivity index (χ0n) is 18.2. The van der Waals surface area contributed by atoms with Gasteiger partial charge in [-0.3, -0.25) is 9.59 Å². The lowest BCUT2D eigenvalue weighted by molar-refractivity contribution is -0.142. The van der Waals surface area contributed by atoms with Gasteiger partial charge in [-0.05, 0) is 55.3 Å². The maximum atomic E-state index is 13.3. The van der Waals surface area contributed by atoms with Gasteiger partial charge in [0.2, 0.25) is 11.8 Å². The molecule has 7 heteroatoms. The Morgan fingerprint density at radius 1 is 1.26 bits per heavy atom. The lowest BCUT2D eigenvalue weighted by Crippen LogP contribution is -2.48. The lowest BCUT2D eigenvalue weighted by Gasteiger charge is -2.37. The molecule has 0 bridgehead atoms. The monoisotopic (exact) mass is 442 g/mol. The smallest absolute Gasteiger partial charge is 0.242 e. The van der Waals surface area contributed by atoms with Crippen molar-refractivity contribution in [2.75, 3.05) is 32.8 Å². The number of nitrogens with zero attached hydrogens (tertiary/aromatic N) is 2. The molecule has 1 saturated heterocycles. The Hall–Kier alpha value is -2.38. The fourth-order valence-electron chi connectivity index (χ4n) is 4.28. The molecule has 0 N–H and O–H groups in total. The minimum absolute atomic E-state index is 0.0298. The number of benzene rings is 1. The standard InChI is InChI=1S/C24H30N2O4S/c1-17-5-7-19(8-6-17)30-16-22-21-10-13-31-23(21)9-11-26(22)24(28)15-25(18(2)27)14-20-4-3-12-29-20/h5-8,10,13,20,22H,3-4,9,11-12,14-16H2,1-2H3. The number of rotatable bonds is 7. The number of thiophene rings is 1. The Kier molecular flexibility index (Phi) is 6.92. The molecule has 31 heavy (non-hydrogen) atoms. The number of hydrogen-bond donors (Lipinski definition) is 0. The summed E-state index contributed by atoms with van der Waals surface area (Å²) >= 11 is 1.73. The van der Waals surface area contributed by atoms with E-state index in [4.69, 9.17) is 9.47 Å². The number of aryl methyl sites for hydroxylation is 1. The van der Waals surface area contributed by atoms with Crippen LogP contribution in [0.2, 0.25) is 0 Å². The minimum Gasteiger partial charge on any atom is -0.491 e. The Labute approximate surface area is 187 Å². The summed E-state index contributed by atoms with van der Waals surface area (Å²) < 4.78 is 11.8. The summed E-state index contributed by atoms with van der Waals surface area (Å²) in [6.45, 7) is 5.88. The highest BCUT2D eigenvalue weighted by molar-refractivity contribution is 7.10. The van der Waals surface area contributed by atoms with Gasteiger partial charge >= 0.3 is 0 Å². The van der Waals surface area contributed by atoms with Crippen LogP contribution in [0.1, 0.15) is 41.8 Å². The third-order valence-corrected chi connectivity index (χ3v) is 7.06. The predicted molar refractivity (Wildman–Crippen MR) is 120 cm³/mol. The van der Waals surface area contributed by atoms with Crippen LogP contribution in [0.25, 0.3) is 0 Å². The van der Waals surface area contributed by atoms with Crippen molar-refractivity contribution in [1.29, 1.82) is 0 Å². The van der Waals surface area contributed by atoms with Crippen LogP contribution in [0.5, 0.6) is 5.75 Å². The fourth-order valence-corrected chi connectivity index (χ4v) is 5.21. The van der Waals surface area contributed by atoms with Gasteiger partial charge in [0.25, 0.3) is 0 Å². The largest absolute Gasteiger partial charge is 0.491 e. The number of carbonyl (C=O) groups is 2. The SMILES string of the molecule is CC(=O)N(CC(=O)N1CCc2sccc2C1COc1ccc(C)cc1)CC1CCCO1. The quantitative estimate of drug-likeness (QED) is 0.658. The molecule has 1 aromatic carbocycles. The Balaban J connectivity index is 1.46. The van der Waals surface area contributed by atoms with Crippen LogP contribution >= 0.6 is 11.3 Å². The van der Waals surface area contributed by atoms with Crippen LogP contribution in [-0.2, 0) is 20.7 Å². The van der Waals surface area contributed by atoms with Gasteiger partial charge in [-0.1, -0.05) is 17.7 Å². The highest BCUT2D eigenvalue weighted by Crippen LogP contribution is 2.34. The Morgan fingerprint density at radius 2 is 2.06 bits per heavy atom. The van der Waals surface area contributed by atoms with Crippen molar-refractivity contribution in [3.05, 3.63) is 51.7 Å². The molecule has 2 amide bonds. The van der Waals surface area contributed by atoms with Gasteiger partial charge in [-0.15, -0.1) is 11.3 Å². The average molecular weight is 443 g/mol. The summed E-state index contributed by atoms with van der Waals surface area (Å²) in [6, 6.07) is 9.89. The van der Waals surface area contributed by atoms with E-state index >= 15 is 0 Å². The lowest BCUT2D eigenvalue weighted by atomic mass is 10.0. The first kappa shape index (κ1) is 21.8. The highest BCUT2D eigenvalue weighted by Gasteiger charge is 2.33. The zero-order valence-corrected chi connectivity index (χ0v) is 19.0. The Morgan fingerprint density at radius 3 is 2.77 bits per heavy atom. The molecule has 166 valence electrons. The molecule has 2 atom stereocenters. The molecule has 2 aromatic rings. The second-order valence-electron chi connectivity index (χ2n) is 8.31. The van der Waals surface area contributed by atoms with Crippen molar-refractivity contribution < 1.29 is 19.1 Å². The van der Waals surface area contributed by atoms with Gasteiger partial charge in [-0.25, -0.2) is 0 Å². The molecule has 0 spiro atoms. The normalized spacial score (nSPS) is 20.4. The fraction of sp³-hybridized carbons (Fsp3) is 0.500. The van der Waals surface area contributed by atoms with Gasteiger partial charge in [0, 0.05) is 31.5 Å². The summed E-state index contributed by atoms with van der Waals surface area (Å²) in [5.41, 5.74) is 2.34. The summed E-state index contributed by atoms with van der Waals surface area (Å²) in [5.74, 6) is 0.663. The molecule has 2 aliphatic rings. The summed E-state index contributed by atoms with van der Waals surface area (Å²) in [4.78, 5) is 30.3. The molecule has 0 radical (unpaired) electrons. The van der Waals surface area contributed by atoms with Crippen molar-refractivity contribution in [3.8, 4) is 5.75 Å². The van der Waals surface area contributed by atoms with Crippen molar-refractivity contribution in [1.82, 2.24) is 9.80 Å². The Bertz CT molecular complexity index is 905. The summed E-state index contributed by atoms with van der Waals surface area (Å²) in [7, 11) is 0. The number of hydrogen-bond acceptors (Lipinski definition) is 5. The summed E-state index contributed by atoms with van der Waals surface area (Å²) in [6.07, 6.45) is 2.82. The van der Waals surface area contributed by atoms with Gasteiger partial charge in [-0.2, -0.15) is 0 Å². The second kappa shape index (κ2) is 9.83. The van der Waals surface area contributed by atoms with E-state index in [1.165, 1.54) is 17.4 Å². The first-order chi connectivity index (χ1) is 15.0. The van der Waals surface area contributed by atoms with E-state index in [9.17, 15) is 9.59 Å². The molecular weight excluding hydrogens is 412 g/mol. The van der Waals surface area contributed by atoms with E-state index in [-0.39, 0.29) is 30.5 Å². The molecule has 0 aliphatic carbocycles. The molecule has 6 nitrogen and oxygen atoms in total. The maximum Gasteiger partial charge on any atom is 0.242 e. The first-order valence-corrected chi connectivity index (χ1v) is 11.8. The molecule has 1 fully saturated rings. The van der Waals surface area contributed by atoms with E-state index in [1.807, 2.05) is 36.1 Å². The first-order valence-electron chi connectivity index (χ1n) is 10.9. The zero-order chi connectivity index (χ0) is 21.8.